The summed E-state index contributed by atoms with van der Waals surface area (Å²) in [5.74, 6) is -0.447. The summed E-state index contributed by atoms with van der Waals surface area (Å²) in [6.07, 6.45) is 1.81. The van der Waals surface area contributed by atoms with Crippen LogP contribution in [-0.4, -0.2) is 14.3 Å². The Morgan fingerprint density at radius 2 is 1.92 bits per heavy atom. The molecule has 7 heteroatoms. The second-order valence-corrected chi connectivity index (χ2v) is 8.18. The number of fused-ring (bicyclic) bond motifs is 1. The molecule has 1 amide bonds. The van der Waals surface area contributed by atoms with Crippen molar-refractivity contribution in [1.29, 1.82) is 0 Å². The molecule has 1 fully saturated rings. The topological polar surface area (TPSA) is 66.5 Å². The Kier molecular flexibility index (Phi) is 3.76. The standard InChI is InChI=1S/C18H17FN2O3S/c19-15-5-3-7-17-14(15)11-21(25(17,23)24)16-6-2-1-4-13(16)10-20-18(22)12-8-9-12/h1-7,12H,8-11H2,(H,20,22). The van der Waals surface area contributed by atoms with Gasteiger partial charge in [-0.2, -0.15) is 0 Å². The van der Waals surface area contributed by atoms with E-state index in [2.05, 4.69) is 5.32 Å². The SMILES string of the molecule is O=C(NCc1ccccc1N1Cc2c(F)cccc2S1(=O)=O)C1CC1. The van der Waals surface area contributed by atoms with Crippen molar-refractivity contribution < 1.29 is 17.6 Å². The maximum Gasteiger partial charge on any atom is 0.265 e. The Balaban J connectivity index is 1.66. The lowest BCUT2D eigenvalue weighted by Crippen LogP contribution is -2.28. The lowest BCUT2D eigenvalue weighted by molar-refractivity contribution is -0.122. The number of anilines is 1. The van der Waals surface area contributed by atoms with Gasteiger partial charge in [0.05, 0.1) is 17.1 Å². The minimum Gasteiger partial charge on any atom is -0.352 e. The molecule has 1 N–H and O–H groups in total. The van der Waals surface area contributed by atoms with Crippen molar-refractivity contribution in [1.82, 2.24) is 5.32 Å². The minimum absolute atomic E-state index is 0.00400. The molecule has 0 saturated heterocycles. The molecular weight excluding hydrogens is 343 g/mol. The van der Waals surface area contributed by atoms with Gasteiger partial charge in [-0.3, -0.25) is 9.10 Å². The fraction of sp³-hybridized carbons (Fsp3) is 0.278. The summed E-state index contributed by atoms with van der Waals surface area (Å²) >= 11 is 0. The second kappa shape index (κ2) is 5.84. The van der Waals surface area contributed by atoms with Gasteiger partial charge in [0.1, 0.15) is 5.82 Å². The second-order valence-electron chi connectivity index (χ2n) is 6.35. The van der Waals surface area contributed by atoms with Gasteiger partial charge in [-0.1, -0.05) is 24.3 Å². The summed E-state index contributed by atoms with van der Waals surface area (Å²) in [7, 11) is -3.81. The van der Waals surface area contributed by atoms with E-state index >= 15 is 0 Å². The Morgan fingerprint density at radius 3 is 2.64 bits per heavy atom. The first-order chi connectivity index (χ1) is 12.0. The molecule has 0 spiro atoms. The maximum atomic E-state index is 14.0. The van der Waals surface area contributed by atoms with Crippen molar-refractivity contribution in [3.05, 3.63) is 59.4 Å². The number of nitrogens with zero attached hydrogens (tertiary/aromatic N) is 1. The van der Waals surface area contributed by atoms with Gasteiger partial charge >= 0.3 is 0 Å². The van der Waals surface area contributed by atoms with E-state index in [0.717, 1.165) is 12.8 Å². The minimum atomic E-state index is -3.81. The number of para-hydroxylation sites is 1. The van der Waals surface area contributed by atoms with Gasteiger partial charge < -0.3 is 5.32 Å². The van der Waals surface area contributed by atoms with Crippen molar-refractivity contribution in [2.75, 3.05) is 4.31 Å². The zero-order valence-electron chi connectivity index (χ0n) is 13.4. The third kappa shape index (κ3) is 2.78. The highest BCUT2D eigenvalue weighted by atomic mass is 32.2. The molecule has 1 aliphatic carbocycles. The first-order valence-electron chi connectivity index (χ1n) is 8.14. The molecular formula is C18H17FN2O3S. The Labute approximate surface area is 145 Å². The van der Waals surface area contributed by atoms with Gasteiger partial charge in [0.2, 0.25) is 5.91 Å². The van der Waals surface area contributed by atoms with Crippen LogP contribution < -0.4 is 9.62 Å². The number of rotatable bonds is 4. The quantitative estimate of drug-likeness (QED) is 0.911. The predicted octanol–water partition coefficient (Wildman–Crippen LogP) is 2.56. The lowest BCUT2D eigenvalue weighted by atomic mass is 10.1. The summed E-state index contributed by atoms with van der Waals surface area (Å²) in [6.45, 7) is 0.203. The third-order valence-corrected chi connectivity index (χ3v) is 6.45. The highest BCUT2D eigenvalue weighted by Crippen LogP contribution is 2.37. The van der Waals surface area contributed by atoms with Crippen molar-refractivity contribution in [2.45, 2.75) is 30.8 Å². The van der Waals surface area contributed by atoms with Gasteiger partial charge in [0.15, 0.2) is 0 Å². The molecule has 0 unspecified atom stereocenters. The molecule has 5 nitrogen and oxygen atoms in total. The Hall–Kier alpha value is -2.41. The van der Waals surface area contributed by atoms with E-state index in [1.165, 1.54) is 22.5 Å². The van der Waals surface area contributed by atoms with Crippen LogP contribution in [0.15, 0.2) is 47.4 Å². The largest absolute Gasteiger partial charge is 0.352 e. The van der Waals surface area contributed by atoms with E-state index in [-0.39, 0.29) is 35.4 Å². The van der Waals surface area contributed by atoms with E-state index in [9.17, 15) is 17.6 Å². The van der Waals surface area contributed by atoms with E-state index in [1.807, 2.05) is 0 Å². The molecule has 0 radical (unpaired) electrons. The number of hydrogen-bond acceptors (Lipinski definition) is 3. The molecule has 2 aliphatic rings. The summed E-state index contributed by atoms with van der Waals surface area (Å²) in [6, 6.07) is 11.1. The molecule has 1 heterocycles. The molecule has 25 heavy (non-hydrogen) atoms. The number of benzene rings is 2. The smallest absolute Gasteiger partial charge is 0.265 e. The molecule has 130 valence electrons. The number of halogens is 1. The van der Waals surface area contributed by atoms with Crippen molar-refractivity contribution in [3.63, 3.8) is 0 Å². The molecule has 1 saturated carbocycles. The number of sulfonamides is 1. The number of nitrogens with one attached hydrogen (secondary N) is 1. The molecule has 1 aliphatic heterocycles. The van der Waals surface area contributed by atoms with Crippen molar-refractivity contribution >= 4 is 21.6 Å². The van der Waals surface area contributed by atoms with Crippen LogP contribution in [0.5, 0.6) is 0 Å². The number of amides is 1. The summed E-state index contributed by atoms with van der Waals surface area (Å²) in [5.41, 5.74) is 1.34. The van der Waals surface area contributed by atoms with Crippen LogP contribution in [0.3, 0.4) is 0 Å². The fourth-order valence-electron chi connectivity index (χ4n) is 3.07. The Morgan fingerprint density at radius 1 is 1.16 bits per heavy atom. The fourth-order valence-corrected chi connectivity index (χ4v) is 4.77. The van der Waals surface area contributed by atoms with Gasteiger partial charge in [-0.05, 0) is 36.6 Å². The van der Waals surface area contributed by atoms with Crippen LogP contribution in [-0.2, 0) is 27.9 Å². The Bertz CT molecular complexity index is 955. The first-order valence-corrected chi connectivity index (χ1v) is 9.58. The van der Waals surface area contributed by atoms with Gasteiger partial charge in [0.25, 0.3) is 10.0 Å². The van der Waals surface area contributed by atoms with E-state index in [1.54, 1.807) is 24.3 Å². The van der Waals surface area contributed by atoms with Crippen LogP contribution in [0.1, 0.15) is 24.0 Å². The molecule has 0 aromatic heterocycles. The summed E-state index contributed by atoms with van der Waals surface area (Å²) in [5, 5.41) is 2.85. The lowest BCUT2D eigenvalue weighted by Gasteiger charge is -2.21. The molecule has 4 rings (SSSR count). The van der Waals surface area contributed by atoms with E-state index in [0.29, 0.717) is 11.3 Å². The van der Waals surface area contributed by atoms with Crippen molar-refractivity contribution in [2.24, 2.45) is 5.92 Å². The van der Waals surface area contributed by atoms with E-state index < -0.39 is 15.8 Å². The average molecular weight is 360 g/mol. The van der Waals surface area contributed by atoms with Gasteiger partial charge in [-0.25, -0.2) is 12.8 Å². The highest BCUT2D eigenvalue weighted by Gasteiger charge is 2.37. The van der Waals surface area contributed by atoms with Crippen LogP contribution in [0.4, 0.5) is 10.1 Å². The predicted molar refractivity (Wildman–Crippen MR) is 90.8 cm³/mol. The van der Waals surface area contributed by atoms with Crippen LogP contribution in [0.25, 0.3) is 0 Å². The summed E-state index contributed by atoms with van der Waals surface area (Å²) in [4.78, 5) is 11.9. The van der Waals surface area contributed by atoms with E-state index in [4.69, 9.17) is 0 Å². The molecule has 0 bridgehead atoms. The average Bonchev–Trinajstić information content (AvgIpc) is 3.40. The number of carbonyl (C=O) groups excluding carboxylic acids is 1. The van der Waals surface area contributed by atoms with Crippen LogP contribution in [0, 0.1) is 11.7 Å². The zero-order valence-corrected chi connectivity index (χ0v) is 14.2. The van der Waals surface area contributed by atoms with Gasteiger partial charge in [0, 0.05) is 18.0 Å². The molecule has 2 aromatic rings. The van der Waals surface area contributed by atoms with Gasteiger partial charge in [-0.15, -0.1) is 0 Å². The molecule has 0 atom stereocenters. The molecule has 2 aromatic carbocycles. The summed E-state index contributed by atoms with van der Waals surface area (Å²) < 4.78 is 40.9. The zero-order chi connectivity index (χ0) is 17.6. The highest BCUT2D eigenvalue weighted by molar-refractivity contribution is 7.93. The number of hydrogen-bond donors (Lipinski definition) is 1. The van der Waals surface area contributed by atoms with Crippen LogP contribution >= 0.6 is 0 Å². The first kappa shape index (κ1) is 16.1. The monoisotopic (exact) mass is 360 g/mol. The van der Waals surface area contributed by atoms with Crippen molar-refractivity contribution in [3.8, 4) is 0 Å². The normalized spacial score (nSPS) is 18.0. The van der Waals surface area contributed by atoms with Crippen LogP contribution in [0.2, 0.25) is 0 Å². The number of carbonyl (C=O) groups is 1. The third-order valence-electron chi connectivity index (χ3n) is 4.61. The maximum absolute atomic E-state index is 14.0.